The average Bonchev–Trinajstić information content (AvgIpc) is 2.29. The lowest BCUT2D eigenvalue weighted by Crippen LogP contribution is -2.11. The molecule has 4 heteroatoms. The molecule has 0 aliphatic rings. The van der Waals surface area contributed by atoms with Crippen molar-refractivity contribution in [2.75, 3.05) is 17.7 Å². The molecule has 0 saturated heterocycles. The largest absolute Gasteiger partial charge is 0.397 e. The van der Waals surface area contributed by atoms with E-state index in [-0.39, 0.29) is 0 Å². The number of nitrogens with two attached hydrogens (primary N) is 1. The van der Waals surface area contributed by atoms with Crippen LogP contribution in [0.3, 0.4) is 0 Å². The molecule has 0 radical (unpaired) electrons. The van der Waals surface area contributed by atoms with E-state index in [1.165, 1.54) is 0 Å². The second-order valence-electron chi connectivity index (χ2n) is 3.47. The lowest BCUT2D eigenvalue weighted by Gasteiger charge is -2.20. The zero-order valence-electron chi connectivity index (χ0n) is 8.89. The Kier molecular flexibility index (Phi) is 3.10. The third-order valence-corrected chi connectivity index (χ3v) is 2.88. The number of anilines is 3. The van der Waals surface area contributed by atoms with Crippen LogP contribution in [0.1, 0.15) is 0 Å². The summed E-state index contributed by atoms with van der Waals surface area (Å²) in [5.74, 6) is 0. The number of halogens is 1. The molecule has 0 atom stereocenters. The van der Waals surface area contributed by atoms with E-state index >= 15 is 0 Å². The molecule has 1 aromatic heterocycles. The highest BCUT2D eigenvalue weighted by atomic mass is 79.9. The lowest BCUT2D eigenvalue weighted by atomic mass is 10.2. The van der Waals surface area contributed by atoms with Crippen LogP contribution in [0.2, 0.25) is 0 Å². The first-order chi connectivity index (χ1) is 7.68. The van der Waals surface area contributed by atoms with Gasteiger partial charge in [-0.1, -0.05) is 15.9 Å². The topological polar surface area (TPSA) is 42.2 Å². The van der Waals surface area contributed by atoms with Gasteiger partial charge in [0.05, 0.1) is 23.3 Å². The number of nitrogen functional groups attached to an aromatic ring is 1. The van der Waals surface area contributed by atoms with Gasteiger partial charge in [-0.25, -0.2) is 0 Å². The monoisotopic (exact) mass is 277 g/mol. The smallest absolute Gasteiger partial charge is 0.0642 e. The van der Waals surface area contributed by atoms with E-state index in [2.05, 4.69) is 20.9 Å². The van der Waals surface area contributed by atoms with Crippen molar-refractivity contribution in [3.05, 3.63) is 47.2 Å². The van der Waals surface area contributed by atoms with Crippen LogP contribution in [0.5, 0.6) is 0 Å². The molecule has 0 aliphatic heterocycles. The molecule has 2 N–H and O–H groups in total. The summed E-state index contributed by atoms with van der Waals surface area (Å²) in [6.45, 7) is 0. The fourth-order valence-electron chi connectivity index (χ4n) is 1.52. The van der Waals surface area contributed by atoms with E-state index in [1.807, 2.05) is 48.5 Å². The molecule has 0 unspecified atom stereocenters. The fraction of sp³-hybridized carbons (Fsp3) is 0.0833. The summed E-state index contributed by atoms with van der Waals surface area (Å²) in [4.78, 5) is 6.10. The van der Waals surface area contributed by atoms with E-state index in [0.717, 1.165) is 21.5 Å². The average molecular weight is 278 g/mol. The Morgan fingerprint density at radius 2 is 2.12 bits per heavy atom. The number of nitrogens with zero attached hydrogens (tertiary/aromatic N) is 2. The van der Waals surface area contributed by atoms with Crippen LogP contribution in [0.25, 0.3) is 0 Å². The predicted octanol–water partition coefficient (Wildman–Crippen LogP) is 3.19. The lowest BCUT2D eigenvalue weighted by molar-refractivity contribution is 1.18. The molecular formula is C12H12BrN3. The highest BCUT2D eigenvalue weighted by Crippen LogP contribution is 2.30. The molecule has 2 aromatic rings. The number of benzene rings is 1. The van der Waals surface area contributed by atoms with Gasteiger partial charge in [0, 0.05) is 17.7 Å². The molecule has 3 nitrogen and oxygen atoms in total. The molecule has 82 valence electrons. The minimum atomic E-state index is 0.737. The van der Waals surface area contributed by atoms with Crippen molar-refractivity contribution in [2.45, 2.75) is 0 Å². The van der Waals surface area contributed by atoms with Crippen LogP contribution in [-0.4, -0.2) is 12.0 Å². The van der Waals surface area contributed by atoms with Gasteiger partial charge in [0.1, 0.15) is 0 Å². The standard InChI is InChI=1S/C12H12BrN3/c1-16(10-3-2-6-15-8-10)12-5-4-9(13)7-11(12)14/h2-8H,14H2,1H3. The molecule has 2 rings (SSSR count). The summed E-state index contributed by atoms with van der Waals surface area (Å²) in [5, 5.41) is 0. The van der Waals surface area contributed by atoms with Crippen LogP contribution in [0.15, 0.2) is 47.2 Å². The van der Waals surface area contributed by atoms with Gasteiger partial charge in [0.15, 0.2) is 0 Å². The van der Waals surface area contributed by atoms with Gasteiger partial charge in [-0.2, -0.15) is 0 Å². The van der Waals surface area contributed by atoms with E-state index in [9.17, 15) is 0 Å². The van der Waals surface area contributed by atoms with E-state index in [4.69, 9.17) is 5.73 Å². The molecule has 0 saturated carbocycles. The number of hydrogen-bond acceptors (Lipinski definition) is 3. The summed E-state index contributed by atoms with van der Waals surface area (Å²) < 4.78 is 0.980. The zero-order valence-corrected chi connectivity index (χ0v) is 10.5. The quantitative estimate of drug-likeness (QED) is 0.858. The van der Waals surface area contributed by atoms with Gasteiger partial charge < -0.3 is 10.6 Å². The van der Waals surface area contributed by atoms with Crippen molar-refractivity contribution in [1.82, 2.24) is 4.98 Å². The Bertz CT molecular complexity index is 485. The second-order valence-corrected chi connectivity index (χ2v) is 4.39. The Balaban J connectivity index is 2.38. The second kappa shape index (κ2) is 4.53. The van der Waals surface area contributed by atoms with Crippen LogP contribution < -0.4 is 10.6 Å². The highest BCUT2D eigenvalue weighted by molar-refractivity contribution is 9.10. The van der Waals surface area contributed by atoms with Gasteiger partial charge in [-0.3, -0.25) is 4.98 Å². The Morgan fingerprint density at radius 1 is 1.31 bits per heavy atom. The first kappa shape index (κ1) is 11.0. The summed E-state index contributed by atoms with van der Waals surface area (Å²) in [6, 6.07) is 9.74. The number of pyridine rings is 1. The van der Waals surface area contributed by atoms with Gasteiger partial charge in [0.25, 0.3) is 0 Å². The van der Waals surface area contributed by atoms with Gasteiger partial charge in [-0.05, 0) is 30.3 Å². The van der Waals surface area contributed by atoms with Crippen molar-refractivity contribution in [3.8, 4) is 0 Å². The van der Waals surface area contributed by atoms with Gasteiger partial charge in [0.2, 0.25) is 0 Å². The summed E-state index contributed by atoms with van der Waals surface area (Å²) >= 11 is 3.39. The van der Waals surface area contributed by atoms with Crippen LogP contribution in [-0.2, 0) is 0 Å². The molecule has 0 aliphatic carbocycles. The molecule has 0 spiro atoms. The number of hydrogen-bond donors (Lipinski definition) is 1. The maximum Gasteiger partial charge on any atom is 0.0642 e. The van der Waals surface area contributed by atoms with Gasteiger partial charge in [-0.15, -0.1) is 0 Å². The minimum absolute atomic E-state index is 0.737. The molecular weight excluding hydrogens is 266 g/mol. The van der Waals surface area contributed by atoms with E-state index in [0.29, 0.717) is 0 Å². The zero-order chi connectivity index (χ0) is 11.5. The molecule has 0 bridgehead atoms. The fourth-order valence-corrected chi connectivity index (χ4v) is 1.90. The first-order valence-electron chi connectivity index (χ1n) is 4.87. The van der Waals surface area contributed by atoms with Crippen LogP contribution >= 0.6 is 15.9 Å². The molecule has 0 fully saturated rings. The van der Waals surface area contributed by atoms with E-state index in [1.54, 1.807) is 6.20 Å². The number of aromatic nitrogens is 1. The minimum Gasteiger partial charge on any atom is -0.397 e. The van der Waals surface area contributed by atoms with Crippen molar-refractivity contribution in [3.63, 3.8) is 0 Å². The Hall–Kier alpha value is -1.55. The van der Waals surface area contributed by atoms with Crippen molar-refractivity contribution >= 4 is 33.0 Å². The first-order valence-corrected chi connectivity index (χ1v) is 5.66. The van der Waals surface area contributed by atoms with Crippen LogP contribution in [0.4, 0.5) is 17.1 Å². The highest BCUT2D eigenvalue weighted by Gasteiger charge is 2.07. The third-order valence-electron chi connectivity index (χ3n) is 2.38. The van der Waals surface area contributed by atoms with Crippen molar-refractivity contribution < 1.29 is 0 Å². The molecule has 1 aromatic carbocycles. The van der Waals surface area contributed by atoms with Crippen molar-refractivity contribution in [2.24, 2.45) is 0 Å². The number of rotatable bonds is 2. The maximum absolute atomic E-state index is 5.97. The molecule has 1 heterocycles. The molecule has 0 amide bonds. The SMILES string of the molecule is CN(c1cccnc1)c1ccc(Br)cc1N. The third kappa shape index (κ3) is 2.17. The summed E-state index contributed by atoms with van der Waals surface area (Å²) in [5.41, 5.74) is 8.68. The van der Waals surface area contributed by atoms with Crippen LogP contribution in [0, 0.1) is 0 Å². The predicted molar refractivity (Wildman–Crippen MR) is 70.9 cm³/mol. The summed E-state index contributed by atoms with van der Waals surface area (Å²) in [7, 11) is 1.97. The van der Waals surface area contributed by atoms with E-state index < -0.39 is 0 Å². The maximum atomic E-state index is 5.97. The van der Waals surface area contributed by atoms with Crippen molar-refractivity contribution in [1.29, 1.82) is 0 Å². The Morgan fingerprint density at radius 3 is 2.75 bits per heavy atom. The summed E-state index contributed by atoms with van der Waals surface area (Å²) in [6.07, 6.45) is 3.56. The van der Waals surface area contributed by atoms with Gasteiger partial charge >= 0.3 is 0 Å². The molecule has 16 heavy (non-hydrogen) atoms. The normalized spacial score (nSPS) is 10.1. The Labute approximate surface area is 103 Å².